The molecule has 162 valence electrons. The SMILES string of the molecule is CN.Cc1cc2c3cc4ccccc4cc3n3c4cc5ccccc5cc4c(c1)c23.N=CN. The fourth-order valence-electron chi connectivity index (χ4n) is 5.06. The van der Waals surface area contributed by atoms with Gasteiger partial charge in [0, 0.05) is 21.5 Å². The first-order valence-corrected chi connectivity index (χ1v) is 11.0. The van der Waals surface area contributed by atoms with Gasteiger partial charge in [-0.15, -0.1) is 0 Å². The molecule has 33 heavy (non-hydrogen) atoms. The molecule has 0 radical (unpaired) electrons. The van der Waals surface area contributed by atoms with Crippen molar-refractivity contribution in [1.29, 1.82) is 5.41 Å². The largest absolute Gasteiger partial charge is 0.390 e. The Morgan fingerprint density at radius 3 is 1.39 bits per heavy atom. The summed E-state index contributed by atoms with van der Waals surface area (Å²) in [5.41, 5.74) is 14.2. The van der Waals surface area contributed by atoms with Crippen molar-refractivity contribution >= 4 is 66.0 Å². The molecule has 4 heteroatoms. The summed E-state index contributed by atoms with van der Waals surface area (Å²) in [6.07, 6.45) is 0.750. The van der Waals surface area contributed by atoms with E-state index >= 15 is 0 Å². The molecule has 0 unspecified atom stereocenters. The topological polar surface area (TPSA) is 80.3 Å². The van der Waals surface area contributed by atoms with Gasteiger partial charge >= 0.3 is 0 Å². The zero-order chi connectivity index (χ0) is 23.1. The van der Waals surface area contributed by atoms with Crippen LogP contribution in [0.25, 0.3) is 59.6 Å². The van der Waals surface area contributed by atoms with Crippen LogP contribution in [0.5, 0.6) is 0 Å². The highest BCUT2D eigenvalue weighted by molar-refractivity contribution is 6.26. The highest BCUT2D eigenvalue weighted by Crippen LogP contribution is 2.41. The predicted octanol–water partition coefficient (Wildman–Crippen LogP) is 6.58. The molecule has 0 atom stereocenters. The molecule has 7 aromatic rings. The summed E-state index contributed by atoms with van der Waals surface area (Å²) in [6.45, 7) is 2.21. The van der Waals surface area contributed by atoms with Crippen LogP contribution in [-0.2, 0) is 0 Å². The third-order valence-corrected chi connectivity index (χ3v) is 6.27. The molecule has 0 spiro atoms. The lowest BCUT2D eigenvalue weighted by atomic mass is 10.0. The van der Waals surface area contributed by atoms with Gasteiger partial charge in [-0.1, -0.05) is 48.5 Å². The summed E-state index contributed by atoms with van der Waals surface area (Å²) >= 11 is 0. The van der Waals surface area contributed by atoms with E-state index in [1.165, 1.54) is 72.3 Å². The van der Waals surface area contributed by atoms with Crippen molar-refractivity contribution in [2.24, 2.45) is 11.5 Å². The summed E-state index contributed by atoms with van der Waals surface area (Å²) in [7, 11) is 1.50. The molecule has 0 saturated heterocycles. The lowest BCUT2D eigenvalue weighted by Crippen LogP contribution is -1.82. The van der Waals surface area contributed by atoms with Crippen LogP contribution in [-0.4, -0.2) is 17.8 Å². The van der Waals surface area contributed by atoms with E-state index in [1.807, 2.05) is 0 Å². The van der Waals surface area contributed by atoms with Crippen LogP contribution in [0.3, 0.4) is 0 Å². The summed E-state index contributed by atoms with van der Waals surface area (Å²) in [5.74, 6) is 0. The quantitative estimate of drug-likeness (QED) is 0.188. The molecule has 0 saturated carbocycles. The standard InChI is InChI=1S/C27H17N.CH4N2.CH5N/c1-16-10-23-21-12-17-6-2-4-8-19(17)14-25(21)28-26-15-20-9-5-3-7-18(20)13-22(26)24(11-16)27(23)28;2-1-3;1-2/h2-15H,1H3;1H,(H3,2,3);2H2,1H3. The minimum Gasteiger partial charge on any atom is -0.390 e. The van der Waals surface area contributed by atoms with Crippen LogP contribution in [0.4, 0.5) is 0 Å². The fourth-order valence-corrected chi connectivity index (χ4v) is 5.06. The van der Waals surface area contributed by atoms with Crippen LogP contribution in [0.15, 0.2) is 84.9 Å². The van der Waals surface area contributed by atoms with Crippen molar-refractivity contribution < 1.29 is 0 Å². The van der Waals surface area contributed by atoms with Gasteiger partial charge in [0.05, 0.1) is 22.9 Å². The van der Waals surface area contributed by atoms with E-state index in [1.54, 1.807) is 0 Å². The third kappa shape index (κ3) is 3.07. The number of fused-ring (bicyclic) bond motifs is 8. The normalized spacial score (nSPS) is 11.1. The molecule has 0 amide bonds. The molecule has 0 aliphatic rings. The summed E-state index contributed by atoms with van der Waals surface area (Å²) in [4.78, 5) is 0. The molecule has 2 aromatic heterocycles. The average molecular weight is 431 g/mol. The Kier molecular flexibility index (Phi) is 5.08. The van der Waals surface area contributed by atoms with Crippen LogP contribution in [0.1, 0.15) is 5.56 Å². The number of rotatable bonds is 0. The van der Waals surface area contributed by atoms with Crippen molar-refractivity contribution in [3.63, 3.8) is 0 Å². The molecule has 0 bridgehead atoms. The lowest BCUT2D eigenvalue weighted by molar-refractivity contribution is 1.38. The molecular weight excluding hydrogens is 404 g/mol. The van der Waals surface area contributed by atoms with Gasteiger partial charge in [-0.05, 0) is 77.5 Å². The first kappa shape index (κ1) is 20.7. The first-order valence-electron chi connectivity index (χ1n) is 11.0. The van der Waals surface area contributed by atoms with Crippen molar-refractivity contribution in [3.8, 4) is 0 Å². The number of hydrogen-bond donors (Lipinski definition) is 3. The Labute approximate surface area is 191 Å². The Morgan fingerprint density at radius 2 is 1.00 bits per heavy atom. The minimum absolute atomic E-state index is 0.750. The summed E-state index contributed by atoms with van der Waals surface area (Å²) in [5, 5.41) is 16.5. The van der Waals surface area contributed by atoms with Gasteiger partial charge in [0.15, 0.2) is 0 Å². The first-order chi connectivity index (χ1) is 16.2. The smallest absolute Gasteiger partial charge is 0.0765 e. The van der Waals surface area contributed by atoms with E-state index in [0.717, 1.165) is 6.34 Å². The van der Waals surface area contributed by atoms with E-state index < -0.39 is 0 Å². The second kappa shape index (κ2) is 8.08. The van der Waals surface area contributed by atoms with Gasteiger partial charge in [-0.3, -0.25) is 5.41 Å². The summed E-state index contributed by atoms with van der Waals surface area (Å²) < 4.78 is 2.48. The Morgan fingerprint density at radius 1 is 0.636 bits per heavy atom. The second-order valence-corrected chi connectivity index (χ2v) is 8.14. The average Bonchev–Trinajstić information content (AvgIpc) is 3.33. The molecule has 4 nitrogen and oxygen atoms in total. The van der Waals surface area contributed by atoms with Gasteiger partial charge in [-0.25, -0.2) is 0 Å². The molecule has 0 fully saturated rings. The fraction of sp³-hybridized carbons (Fsp3) is 0.0690. The maximum atomic E-state index is 5.86. The number of hydrogen-bond acceptors (Lipinski definition) is 2. The molecular formula is C29H26N4. The van der Waals surface area contributed by atoms with Crippen molar-refractivity contribution in [3.05, 3.63) is 90.5 Å². The molecule has 0 aliphatic carbocycles. The Hall–Kier alpha value is -4.15. The number of nitrogens with one attached hydrogen (secondary N) is 1. The van der Waals surface area contributed by atoms with Gasteiger partial charge in [0.25, 0.3) is 0 Å². The monoisotopic (exact) mass is 430 g/mol. The van der Waals surface area contributed by atoms with Crippen LogP contribution < -0.4 is 11.5 Å². The van der Waals surface area contributed by atoms with E-state index in [0.29, 0.717) is 0 Å². The Balaban J connectivity index is 0.000000425. The van der Waals surface area contributed by atoms with Gasteiger partial charge in [0.1, 0.15) is 0 Å². The minimum atomic E-state index is 0.750. The van der Waals surface area contributed by atoms with E-state index in [9.17, 15) is 0 Å². The molecule has 2 heterocycles. The zero-order valence-electron chi connectivity index (χ0n) is 18.8. The maximum Gasteiger partial charge on any atom is 0.0765 e. The number of nitrogens with two attached hydrogens (primary N) is 2. The van der Waals surface area contributed by atoms with Crippen molar-refractivity contribution in [1.82, 2.24) is 4.40 Å². The third-order valence-electron chi connectivity index (χ3n) is 6.27. The van der Waals surface area contributed by atoms with Gasteiger partial charge < -0.3 is 15.9 Å². The van der Waals surface area contributed by atoms with Crippen LogP contribution >= 0.6 is 0 Å². The van der Waals surface area contributed by atoms with Crippen molar-refractivity contribution in [2.45, 2.75) is 6.92 Å². The van der Waals surface area contributed by atoms with Crippen LogP contribution in [0, 0.1) is 12.3 Å². The van der Waals surface area contributed by atoms with Gasteiger partial charge in [0.2, 0.25) is 0 Å². The highest BCUT2D eigenvalue weighted by Gasteiger charge is 2.18. The maximum absolute atomic E-state index is 5.86. The Bertz CT molecular complexity index is 1650. The number of benzene rings is 5. The van der Waals surface area contributed by atoms with Crippen LogP contribution in [0.2, 0.25) is 0 Å². The number of aromatic nitrogens is 1. The highest BCUT2D eigenvalue weighted by atomic mass is 14.9. The van der Waals surface area contributed by atoms with Gasteiger partial charge in [-0.2, -0.15) is 0 Å². The molecule has 5 aromatic carbocycles. The lowest BCUT2D eigenvalue weighted by Gasteiger charge is -2.03. The van der Waals surface area contributed by atoms with E-state index in [4.69, 9.17) is 5.41 Å². The van der Waals surface area contributed by atoms with E-state index in [-0.39, 0.29) is 0 Å². The molecule has 0 aliphatic heterocycles. The molecule has 7 rings (SSSR count). The summed E-state index contributed by atoms with van der Waals surface area (Å²) in [6, 6.07) is 31.5. The number of nitrogens with zero attached hydrogens (tertiary/aromatic N) is 1. The second-order valence-electron chi connectivity index (χ2n) is 8.14. The van der Waals surface area contributed by atoms with Crippen molar-refractivity contribution in [2.75, 3.05) is 7.05 Å². The van der Waals surface area contributed by atoms with E-state index in [2.05, 4.69) is 108 Å². The number of aryl methyl sites for hydroxylation is 1. The molecule has 5 N–H and O–H groups in total. The predicted molar refractivity (Wildman–Crippen MR) is 144 cm³/mol. The zero-order valence-corrected chi connectivity index (χ0v) is 18.8.